The number of tetrazole rings is 1. The molecule has 39 heavy (non-hydrogen) atoms. The molecule has 3 aliphatic rings. The van der Waals surface area contributed by atoms with Gasteiger partial charge in [-0.1, -0.05) is 22.8 Å². The van der Waals surface area contributed by atoms with E-state index >= 15 is 4.39 Å². The zero-order chi connectivity index (χ0) is 26.4. The molecule has 0 saturated heterocycles. The van der Waals surface area contributed by atoms with Crippen LogP contribution in [-0.2, 0) is 0 Å². The van der Waals surface area contributed by atoms with Crippen LogP contribution < -0.4 is 5.56 Å². The molecule has 3 atom stereocenters. The quantitative estimate of drug-likeness (QED) is 0.303. The average molecular weight is 541 g/mol. The van der Waals surface area contributed by atoms with Crippen LogP contribution in [0.2, 0.25) is 5.02 Å². The number of nitrogens with zero attached hydrogens (tertiary/aromatic N) is 8. The van der Waals surface area contributed by atoms with Gasteiger partial charge in [0.05, 0.1) is 28.8 Å². The van der Waals surface area contributed by atoms with Gasteiger partial charge in [0.2, 0.25) is 5.95 Å². The number of aromatic nitrogens is 7. The fraction of sp³-hybridized carbons (Fsp3) is 0.222. The van der Waals surface area contributed by atoms with Gasteiger partial charge in [-0.2, -0.15) is 9.07 Å². The van der Waals surface area contributed by atoms with E-state index in [4.69, 9.17) is 21.1 Å². The van der Waals surface area contributed by atoms with Gasteiger partial charge in [-0.05, 0) is 60.0 Å². The van der Waals surface area contributed by atoms with Crippen molar-refractivity contribution in [1.29, 1.82) is 0 Å². The SMILES string of the molecule is Cc1noc2cc(C3=NC(F)=C(C4C5CC5c5nc(-c6cc(Cl)ccc6-n6cnnn6)cc(=O)n54)C3)ccc12. The van der Waals surface area contributed by atoms with Crippen molar-refractivity contribution >= 4 is 28.3 Å². The lowest BCUT2D eigenvalue weighted by Gasteiger charge is -2.19. The van der Waals surface area contributed by atoms with Crippen LogP contribution >= 0.6 is 11.6 Å². The zero-order valence-electron chi connectivity index (χ0n) is 20.4. The van der Waals surface area contributed by atoms with Crippen molar-refractivity contribution < 1.29 is 8.91 Å². The van der Waals surface area contributed by atoms with Crippen LogP contribution in [0.25, 0.3) is 27.9 Å². The number of rotatable bonds is 4. The number of hydrogen-bond donors (Lipinski definition) is 0. The molecule has 1 fully saturated rings. The van der Waals surface area contributed by atoms with Crippen molar-refractivity contribution in [2.24, 2.45) is 10.9 Å². The van der Waals surface area contributed by atoms with Crippen LogP contribution in [0.15, 0.2) is 74.6 Å². The average Bonchev–Trinajstić information content (AvgIpc) is 3.29. The Hall–Kier alpha value is -4.51. The summed E-state index contributed by atoms with van der Waals surface area (Å²) in [6, 6.07) is 11.9. The first-order chi connectivity index (χ1) is 19.0. The highest BCUT2D eigenvalue weighted by molar-refractivity contribution is 6.31. The van der Waals surface area contributed by atoms with Crippen molar-refractivity contribution in [2.75, 3.05) is 0 Å². The summed E-state index contributed by atoms with van der Waals surface area (Å²) in [4.78, 5) is 22.7. The maximum Gasteiger partial charge on any atom is 0.254 e. The molecule has 192 valence electrons. The summed E-state index contributed by atoms with van der Waals surface area (Å²) in [6.07, 6.45) is 2.61. The molecule has 1 saturated carbocycles. The van der Waals surface area contributed by atoms with Crippen LogP contribution in [0.4, 0.5) is 4.39 Å². The Morgan fingerprint density at radius 1 is 1.15 bits per heavy atom. The van der Waals surface area contributed by atoms with E-state index in [0.29, 0.717) is 51.1 Å². The summed E-state index contributed by atoms with van der Waals surface area (Å²) in [5, 5.41) is 16.8. The molecular weight excluding hydrogens is 523 g/mol. The van der Waals surface area contributed by atoms with E-state index in [1.165, 1.54) is 17.1 Å². The van der Waals surface area contributed by atoms with E-state index in [2.05, 4.69) is 25.7 Å². The molecule has 12 heteroatoms. The lowest BCUT2D eigenvalue weighted by molar-refractivity contribution is 0.450. The third kappa shape index (κ3) is 3.36. The molecule has 0 N–H and O–H groups in total. The fourth-order valence-corrected chi connectivity index (χ4v) is 6.13. The molecule has 0 amide bonds. The van der Waals surface area contributed by atoms with Gasteiger partial charge in [0.15, 0.2) is 5.58 Å². The lowest BCUT2D eigenvalue weighted by Crippen LogP contribution is -2.27. The van der Waals surface area contributed by atoms with Gasteiger partial charge in [0.25, 0.3) is 5.56 Å². The summed E-state index contributed by atoms with van der Waals surface area (Å²) >= 11 is 6.30. The minimum absolute atomic E-state index is 0.0798. The molecule has 0 spiro atoms. The summed E-state index contributed by atoms with van der Waals surface area (Å²) in [6.45, 7) is 1.87. The highest BCUT2D eigenvalue weighted by Gasteiger charge is 2.56. The van der Waals surface area contributed by atoms with E-state index < -0.39 is 12.0 Å². The van der Waals surface area contributed by atoms with Gasteiger partial charge in [0.1, 0.15) is 12.2 Å². The zero-order valence-corrected chi connectivity index (χ0v) is 21.2. The second-order valence-electron chi connectivity index (χ2n) is 10.1. The maximum atomic E-state index is 15.4. The summed E-state index contributed by atoms with van der Waals surface area (Å²) < 4.78 is 23.9. The van der Waals surface area contributed by atoms with Gasteiger partial charge >= 0.3 is 0 Å². The Kier molecular flexibility index (Phi) is 4.61. The molecule has 5 aromatic rings. The van der Waals surface area contributed by atoms with Crippen LogP contribution in [0.1, 0.15) is 41.9 Å². The van der Waals surface area contributed by atoms with E-state index in [0.717, 1.165) is 23.1 Å². The second kappa shape index (κ2) is 8.00. The van der Waals surface area contributed by atoms with Gasteiger partial charge in [0, 0.05) is 45.5 Å². The first-order valence-corrected chi connectivity index (χ1v) is 12.8. The van der Waals surface area contributed by atoms with Gasteiger partial charge in [-0.15, -0.1) is 5.10 Å². The van der Waals surface area contributed by atoms with Crippen molar-refractivity contribution in [1.82, 2.24) is 34.9 Å². The van der Waals surface area contributed by atoms with E-state index in [1.807, 2.05) is 25.1 Å². The molecular formula is C27H18ClFN8O2. The predicted molar refractivity (Wildman–Crippen MR) is 140 cm³/mol. The molecule has 5 heterocycles. The van der Waals surface area contributed by atoms with Crippen LogP contribution in [-0.4, -0.2) is 40.6 Å². The standard InChI is InChI=1S/C27H18ClFN8O2/c1-12-15-4-2-13(6-23(15)39-33-12)20-9-19(26(29)31-20)25-16-8-17(16)27-32-21(10-24(38)37(25)27)18-7-14(28)3-5-22(18)36-11-30-34-35-36/h2-7,10-11,16-17,25H,8-9H2,1H3. The minimum Gasteiger partial charge on any atom is -0.356 e. The van der Waals surface area contributed by atoms with Crippen LogP contribution in [0.3, 0.4) is 0 Å². The van der Waals surface area contributed by atoms with Crippen LogP contribution in [0, 0.1) is 12.8 Å². The molecule has 3 unspecified atom stereocenters. The van der Waals surface area contributed by atoms with Gasteiger partial charge in [-0.3, -0.25) is 9.36 Å². The smallest absolute Gasteiger partial charge is 0.254 e. The lowest BCUT2D eigenvalue weighted by atomic mass is 9.96. The molecule has 0 bridgehead atoms. The van der Waals surface area contributed by atoms with Crippen molar-refractivity contribution in [3.63, 3.8) is 0 Å². The van der Waals surface area contributed by atoms with Crippen molar-refractivity contribution in [3.8, 4) is 16.9 Å². The Morgan fingerprint density at radius 2 is 2.05 bits per heavy atom. The summed E-state index contributed by atoms with van der Waals surface area (Å²) in [5.41, 5.74) is 4.81. The Labute approximate surface area is 224 Å². The first-order valence-electron chi connectivity index (χ1n) is 12.5. The highest BCUT2D eigenvalue weighted by Crippen LogP contribution is 2.61. The topological polar surface area (TPSA) is 117 Å². The first kappa shape index (κ1) is 22.5. The van der Waals surface area contributed by atoms with Gasteiger partial charge < -0.3 is 4.52 Å². The van der Waals surface area contributed by atoms with E-state index in [9.17, 15) is 4.79 Å². The van der Waals surface area contributed by atoms with Gasteiger partial charge in [-0.25, -0.2) is 9.98 Å². The minimum atomic E-state index is -0.533. The molecule has 1 aliphatic carbocycles. The second-order valence-corrected chi connectivity index (χ2v) is 10.5. The van der Waals surface area contributed by atoms with E-state index in [1.54, 1.807) is 22.8 Å². The Balaban J connectivity index is 1.16. The van der Waals surface area contributed by atoms with E-state index in [-0.39, 0.29) is 17.4 Å². The third-order valence-corrected chi connectivity index (χ3v) is 8.10. The summed E-state index contributed by atoms with van der Waals surface area (Å²) in [5.74, 6) is 0.307. The number of benzene rings is 2. The molecule has 10 nitrogen and oxygen atoms in total. The summed E-state index contributed by atoms with van der Waals surface area (Å²) in [7, 11) is 0. The Bertz CT molecular complexity index is 1960. The monoisotopic (exact) mass is 540 g/mol. The number of aryl methyl sites for hydroxylation is 1. The molecule has 2 aliphatic heterocycles. The molecule has 2 aromatic carbocycles. The number of fused-ring (bicyclic) bond motifs is 4. The maximum absolute atomic E-state index is 15.4. The Morgan fingerprint density at radius 3 is 2.90 bits per heavy atom. The number of halogens is 2. The number of hydrogen-bond acceptors (Lipinski definition) is 8. The number of allylic oxidation sites excluding steroid dienone is 1. The number of aliphatic imine (C=N–C) groups is 1. The normalized spacial score (nSPS) is 21.4. The largest absolute Gasteiger partial charge is 0.356 e. The molecule has 8 rings (SSSR count). The van der Waals surface area contributed by atoms with Crippen LogP contribution in [0.5, 0.6) is 0 Å². The van der Waals surface area contributed by atoms with Crippen molar-refractivity contribution in [3.05, 3.63) is 92.8 Å². The fourth-order valence-electron chi connectivity index (χ4n) is 5.96. The molecule has 3 aromatic heterocycles. The predicted octanol–water partition coefficient (Wildman–Crippen LogP) is 4.72. The third-order valence-electron chi connectivity index (χ3n) is 7.86. The highest BCUT2D eigenvalue weighted by atomic mass is 35.5. The van der Waals surface area contributed by atoms with Crippen molar-refractivity contribution in [2.45, 2.75) is 31.7 Å². The molecule has 0 radical (unpaired) electrons.